The highest BCUT2D eigenvalue weighted by Gasteiger charge is 2.50. The zero-order valence-corrected chi connectivity index (χ0v) is 9.76. The van der Waals surface area contributed by atoms with Gasteiger partial charge < -0.3 is 16.2 Å². The molecule has 0 aromatic carbocycles. The lowest BCUT2D eigenvalue weighted by molar-refractivity contribution is -0.173. The third-order valence-electron chi connectivity index (χ3n) is 2.26. The minimum atomic E-state index is -4.81. The minimum Gasteiger partial charge on any atom is -0.385 e. The smallest absolute Gasteiger partial charge is 0.385 e. The van der Waals surface area contributed by atoms with E-state index in [4.69, 9.17) is 5.73 Å². The summed E-state index contributed by atoms with van der Waals surface area (Å²) in [6.07, 6.45) is -7.36. The summed E-state index contributed by atoms with van der Waals surface area (Å²) in [4.78, 5) is 10.9. The van der Waals surface area contributed by atoms with Crippen molar-refractivity contribution in [1.29, 1.82) is 0 Å². The normalized spacial score (nSPS) is 16.6. The van der Waals surface area contributed by atoms with Crippen molar-refractivity contribution in [1.82, 2.24) is 5.32 Å². The first-order valence-electron chi connectivity index (χ1n) is 5.06. The van der Waals surface area contributed by atoms with E-state index in [1.165, 1.54) is 13.8 Å². The van der Waals surface area contributed by atoms with E-state index in [1.807, 2.05) is 0 Å². The van der Waals surface area contributed by atoms with Crippen LogP contribution in [-0.2, 0) is 4.79 Å². The van der Waals surface area contributed by atoms with Gasteiger partial charge in [0.05, 0.1) is 0 Å². The Balaban J connectivity index is 4.66. The van der Waals surface area contributed by atoms with Gasteiger partial charge in [-0.05, 0) is 5.92 Å². The maximum atomic E-state index is 13.3. The first kappa shape index (κ1) is 17.0. The molecule has 0 saturated carbocycles. The topological polar surface area (TPSA) is 75.3 Å². The van der Waals surface area contributed by atoms with E-state index in [1.54, 1.807) is 0 Å². The Bertz CT molecular complexity index is 293. The molecule has 0 radical (unpaired) electrons. The van der Waals surface area contributed by atoms with Crippen LogP contribution < -0.4 is 11.1 Å². The van der Waals surface area contributed by atoms with Gasteiger partial charge in [0.25, 0.3) is 5.91 Å². The molecule has 1 amide bonds. The van der Waals surface area contributed by atoms with Crippen LogP contribution in [0.15, 0.2) is 0 Å². The predicted octanol–water partition coefficient (Wildman–Crippen LogP) is 0.644. The molecule has 0 aromatic rings. The molecule has 0 unspecified atom stereocenters. The molecule has 0 heterocycles. The Morgan fingerprint density at radius 2 is 1.72 bits per heavy atom. The number of carbonyl (C=O) groups is 1. The molecule has 0 bridgehead atoms. The molecule has 0 aliphatic carbocycles. The predicted molar refractivity (Wildman–Crippen MR) is 52.8 cm³/mol. The van der Waals surface area contributed by atoms with E-state index >= 15 is 0 Å². The number of rotatable bonds is 5. The van der Waals surface area contributed by atoms with Crippen molar-refractivity contribution >= 4 is 5.91 Å². The van der Waals surface area contributed by atoms with Crippen LogP contribution in [0, 0.1) is 5.92 Å². The van der Waals surface area contributed by atoms with Crippen LogP contribution in [0.4, 0.5) is 22.0 Å². The highest BCUT2D eigenvalue weighted by Crippen LogP contribution is 2.24. The lowest BCUT2D eigenvalue weighted by Gasteiger charge is -2.28. The number of carbonyl (C=O) groups excluding carboxylic acids is 1. The van der Waals surface area contributed by atoms with Crippen LogP contribution in [0.3, 0.4) is 0 Å². The number of hydrogen-bond acceptors (Lipinski definition) is 3. The summed E-state index contributed by atoms with van der Waals surface area (Å²) in [6.45, 7) is 0.959. The van der Waals surface area contributed by atoms with E-state index in [0.717, 1.165) is 5.32 Å². The average Bonchev–Trinajstić information content (AvgIpc) is 2.22. The van der Waals surface area contributed by atoms with Crippen molar-refractivity contribution in [2.75, 3.05) is 6.54 Å². The maximum Gasteiger partial charge on any atom is 0.405 e. The van der Waals surface area contributed by atoms with Crippen LogP contribution >= 0.6 is 0 Å². The number of halogens is 5. The van der Waals surface area contributed by atoms with Gasteiger partial charge in [0.2, 0.25) is 0 Å². The fraction of sp³-hybridized carbons (Fsp3) is 0.889. The van der Waals surface area contributed by atoms with Gasteiger partial charge >= 0.3 is 12.1 Å². The second-order valence-electron chi connectivity index (χ2n) is 4.19. The van der Waals surface area contributed by atoms with Gasteiger partial charge in [-0.25, -0.2) is 0 Å². The van der Waals surface area contributed by atoms with Gasteiger partial charge in [-0.3, -0.25) is 4.79 Å². The van der Waals surface area contributed by atoms with Crippen LogP contribution in [0.2, 0.25) is 0 Å². The first-order valence-corrected chi connectivity index (χ1v) is 5.06. The Morgan fingerprint density at radius 1 is 1.28 bits per heavy atom. The summed E-state index contributed by atoms with van der Waals surface area (Å²) in [5.41, 5.74) is 5.23. The number of hydrogen-bond donors (Lipinski definition) is 3. The van der Waals surface area contributed by atoms with Crippen LogP contribution in [-0.4, -0.2) is 41.8 Å². The summed E-state index contributed by atoms with van der Waals surface area (Å²) in [6, 6.07) is -1.43. The zero-order chi connectivity index (χ0) is 14.7. The molecule has 2 atom stereocenters. The lowest BCUT2D eigenvalue weighted by Crippen LogP contribution is -2.57. The SMILES string of the molecule is CC(C)[C@H](N)[C@@H](O)C(F)(F)C(=O)NCC(F)(F)F. The maximum absolute atomic E-state index is 13.3. The molecule has 0 spiro atoms. The summed E-state index contributed by atoms with van der Waals surface area (Å²) >= 11 is 0. The third kappa shape index (κ3) is 4.73. The van der Waals surface area contributed by atoms with Gasteiger partial charge in [0, 0.05) is 6.04 Å². The number of nitrogens with two attached hydrogens (primary N) is 1. The zero-order valence-electron chi connectivity index (χ0n) is 9.76. The molecule has 0 rings (SSSR count). The Labute approximate surface area is 100 Å². The summed E-state index contributed by atoms with van der Waals surface area (Å²) in [5, 5.41) is 10.2. The fourth-order valence-corrected chi connectivity index (χ4v) is 1.04. The molecule has 0 aliphatic rings. The van der Waals surface area contributed by atoms with Gasteiger partial charge in [0.15, 0.2) is 0 Å². The van der Waals surface area contributed by atoms with E-state index in [-0.39, 0.29) is 0 Å². The number of amides is 1. The van der Waals surface area contributed by atoms with E-state index in [0.29, 0.717) is 0 Å². The molecule has 0 aliphatic heterocycles. The number of nitrogens with one attached hydrogen (secondary N) is 1. The highest BCUT2D eigenvalue weighted by atomic mass is 19.4. The quantitative estimate of drug-likeness (QED) is 0.646. The average molecular weight is 278 g/mol. The summed E-state index contributed by atoms with van der Waals surface area (Å²) in [5.74, 6) is -7.15. The van der Waals surface area contributed by atoms with Gasteiger partial charge in [0.1, 0.15) is 12.6 Å². The van der Waals surface area contributed by atoms with Crippen molar-refractivity contribution in [3.05, 3.63) is 0 Å². The van der Waals surface area contributed by atoms with Crippen LogP contribution in [0.1, 0.15) is 13.8 Å². The molecule has 0 fully saturated rings. The summed E-state index contributed by atoms with van der Waals surface area (Å²) < 4.78 is 61.8. The fourth-order valence-electron chi connectivity index (χ4n) is 1.04. The van der Waals surface area contributed by atoms with Gasteiger partial charge in [-0.2, -0.15) is 22.0 Å². The van der Waals surface area contributed by atoms with Gasteiger partial charge in [-0.15, -0.1) is 0 Å². The van der Waals surface area contributed by atoms with E-state index in [9.17, 15) is 31.9 Å². The Hall–Kier alpha value is -0.960. The van der Waals surface area contributed by atoms with Crippen molar-refractivity contribution in [2.24, 2.45) is 11.7 Å². The molecule has 4 N–H and O–H groups in total. The highest BCUT2D eigenvalue weighted by molar-refractivity contribution is 5.84. The second-order valence-corrected chi connectivity index (χ2v) is 4.19. The van der Waals surface area contributed by atoms with E-state index in [2.05, 4.69) is 0 Å². The first-order chi connectivity index (χ1) is 7.89. The van der Waals surface area contributed by atoms with Crippen molar-refractivity contribution < 1.29 is 31.9 Å². The Morgan fingerprint density at radius 3 is 2.06 bits per heavy atom. The third-order valence-corrected chi connectivity index (χ3v) is 2.26. The molecule has 9 heteroatoms. The van der Waals surface area contributed by atoms with Crippen LogP contribution in [0.5, 0.6) is 0 Å². The standard InChI is InChI=1S/C9H15F5N2O2/c1-4(2)5(15)6(17)9(13,14)7(18)16-3-8(10,11)12/h4-6,17H,3,15H2,1-2H3,(H,16,18)/t5-,6+/m0/s1. The second kappa shape index (κ2) is 5.79. The summed E-state index contributed by atoms with van der Waals surface area (Å²) in [7, 11) is 0. The largest absolute Gasteiger partial charge is 0.405 e. The molecule has 108 valence electrons. The monoisotopic (exact) mass is 278 g/mol. The lowest BCUT2D eigenvalue weighted by atomic mass is 9.95. The van der Waals surface area contributed by atoms with Crippen molar-refractivity contribution in [3.8, 4) is 0 Å². The molecule has 0 saturated heterocycles. The van der Waals surface area contributed by atoms with Gasteiger partial charge in [-0.1, -0.05) is 13.8 Å². The number of aliphatic hydroxyl groups excluding tert-OH is 1. The van der Waals surface area contributed by atoms with Crippen molar-refractivity contribution in [2.45, 2.75) is 38.1 Å². The van der Waals surface area contributed by atoms with Crippen LogP contribution in [0.25, 0.3) is 0 Å². The van der Waals surface area contributed by atoms with E-state index < -0.39 is 42.6 Å². The Kier molecular flexibility index (Phi) is 5.48. The molecule has 18 heavy (non-hydrogen) atoms. The number of aliphatic hydroxyl groups is 1. The molecular formula is C9H15F5N2O2. The van der Waals surface area contributed by atoms with Crippen molar-refractivity contribution in [3.63, 3.8) is 0 Å². The molecular weight excluding hydrogens is 263 g/mol. The molecule has 0 aromatic heterocycles. The molecule has 4 nitrogen and oxygen atoms in total. The minimum absolute atomic E-state index is 0.568. The number of alkyl halides is 5.